The van der Waals surface area contributed by atoms with E-state index in [1.165, 1.54) is 0 Å². The van der Waals surface area contributed by atoms with Gasteiger partial charge in [0.15, 0.2) is 0 Å². The van der Waals surface area contributed by atoms with E-state index in [9.17, 15) is 9.59 Å². The van der Waals surface area contributed by atoms with Crippen molar-refractivity contribution in [1.82, 2.24) is 5.32 Å². The van der Waals surface area contributed by atoms with Gasteiger partial charge < -0.3 is 15.6 Å². The average Bonchev–Trinajstić information content (AvgIpc) is 2.00. The highest BCUT2D eigenvalue weighted by molar-refractivity contribution is 5.98. The Hall–Kier alpha value is -1.14. The molecule has 0 aromatic rings. The van der Waals surface area contributed by atoms with Gasteiger partial charge in [-0.05, 0) is 20.8 Å². The molecule has 0 rings (SSSR count). The monoisotopic (exact) mass is 218 g/mol. The van der Waals surface area contributed by atoms with E-state index >= 15 is 0 Å². The molecule has 0 spiro atoms. The van der Waals surface area contributed by atoms with Crippen LogP contribution in [0.25, 0.3) is 0 Å². The highest BCUT2D eigenvalue weighted by atomic mass is 16.6. The molecule has 15 heavy (non-hydrogen) atoms. The van der Waals surface area contributed by atoms with E-state index in [2.05, 4.69) is 5.32 Å². The van der Waals surface area contributed by atoms with E-state index < -0.39 is 23.6 Å². The van der Waals surface area contributed by atoms with Crippen LogP contribution in [-0.4, -0.2) is 41.8 Å². The van der Waals surface area contributed by atoms with Gasteiger partial charge >= 0.3 is 11.9 Å². The van der Waals surface area contributed by atoms with Crippen molar-refractivity contribution in [3.8, 4) is 0 Å². The second kappa shape index (κ2) is 5.67. The molecule has 1 atom stereocenters. The summed E-state index contributed by atoms with van der Waals surface area (Å²) in [5.74, 6) is -2.07. The van der Waals surface area contributed by atoms with Crippen molar-refractivity contribution in [3.05, 3.63) is 0 Å². The number of aliphatic carboxylic acids is 1. The van der Waals surface area contributed by atoms with Crippen LogP contribution in [0.5, 0.6) is 0 Å². The standard InChI is InChI=1S/C9H18N2O4/c1-9(2,3)15-8(14)6(7(12)13)11-5-4-10/h6,11H,4-5,10H2,1-3H3,(H,12,13). The third kappa shape index (κ3) is 6.03. The molecule has 0 bridgehead atoms. The van der Waals surface area contributed by atoms with Crippen LogP contribution >= 0.6 is 0 Å². The van der Waals surface area contributed by atoms with Crippen molar-refractivity contribution in [2.45, 2.75) is 32.4 Å². The molecule has 0 amide bonds. The summed E-state index contributed by atoms with van der Waals surface area (Å²) in [6.07, 6.45) is 0. The molecule has 0 aliphatic rings. The number of ether oxygens (including phenoxy) is 1. The van der Waals surface area contributed by atoms with Gasteiger partial charge in [0.1, 0.15) is 5.60 Å². The molecule has 4 N–H and O–H groups in total. The predicted molar refractivity (Wildman–Crippen MR) is 54.3 cm³/mol. The first-order valence-corrected chi connectivity index (χ1v) is 4.67. The Balaban J connectivity index is 4.36. The third-order valence-corrected chi connectivity index (χ3v) is 1.38. The van der Waals surface area contributed by atoms with Gasteiger partial charge in [0.05, 0.1) is 0 Å². The molecule has 0 fully saturated rings. The third-order valence-electron chi connectivity index (χ3n) is 1.38. The topological polar surface area (TPSA) is 102 Å². The zero-order valence-electron chi connectivity index (χ0n) is 9.24. The van der Waals surface area contributed by atoms with Crippen molar-refractivity contribution >= 4 is 11.9 Å². The SMILES string of the molecule is CC(C)(C)OC(=O)C(NCCN)C(=O)O. The first-order valence-electron chi connectivity index (χ1n) is 4.67. The van der Waals surface area contributed by atoms with Gasteiger partial charge in [-0.1, -0.05) is 0 Å². The Kier molecular flexibility index (Phi) is 5.24. The lowest BCUT2D eigenvalue weighted by atomic mass is 10.2. The lowest BCUT2D eigenvalue weighted by molar-refractivity contribution is -0.163. The van der Waals surface area contributed by atoms with Crippen molar-refractivity contribution in [2.75, 3.05) is 13.1 Å². The molecule has 0 saturated carbocycles. The van der Waals surface area contributed by atoms with Gasteiger partial charge in [0.2, 0.25) is 6.04 Å². The second-order valence-corrected chi connectivity index (χ2v) is 4.05. The van der Waals surface area contributed by atoms with Gasteiger partial charge in [-0.2, -0.15) is 0 Å². The van der Waals surface area contributed by atoms with Crippen LogP contribution in [0.4, 0.5) is 0 Å². The lowest BCUT2D eigenvalue weighted by Gasteiger charge is -2.22. The van der Waals surface area contributed by atoms with E-state index in [-0.39, 0.29) is 13.1 Å². The van der Waals surface area contributed by atoms with Gasteiger partial charge in [-0.15, -0.1) is 0 Å². The summed E-state index contributed by atoms with van der Waals surface area (Å²) >= 11 is 0. The van der Waals surface area contributed by atoms with Crippen LogP contribution in [0, 0.1) is 0 Å². The number of nitrogens with two attached hydrogens (primary N) is 1. The molecule has 0 aliphatic heterocycles. The summed E-state index contributed by atoms with van der Waals surface area (Å²) in [5.41, 5.74) is 4.50. The van der Waals surface area contributed by atoms with Crippen LogP contribution in [0.3, 0.4) is 0 Å². The number of hydrogen-bond donors (Lipinski definition) is 3. The van der Waals surface area contributed by atoms with Gasteiger partial charge in [-0.25, -0.2) is 9.59 Å². The van der Waals surface area contributed by atoms with E-state index in [1.807, 2.05) is 0 Å². The minimum atomic E-state index is -1.35. The number of carboxylic acid groups (broad SMARTS) is 1. The number of rotatable bonds is 5. The van der Waals surface area contributed by atoms with Crippen molar-refractivity contribution in [2.24, 2.45) is 5.73 Å². The number of carbonyl (C=O) groups excluding carboxylic acids is 1. The maximum atomic E-state index is 11.4. The van der Waals surface area contributed by atoms with Crippen LogP contribution in [0.15, 0.2) is 0 Å². The fraction of sp³-hybridized carbons (Fsp3) is 0.778. The predicted octanol–water partition coefficient (Wildman–Crippen LogP) is -0.670. The van der Waals surface area contributed by atoms with Crippen LogP contribution in [0.1, 0.15) is 20.8 Å². The Bertz CT molecular complexity index is 235. The Morgan fingerprint density at radius 2 is 2.00 bits per heavy atom. The minimum absolute atomic E-state index is 0.246. The van der Waals surface area contributed by atoms with Crippen molar-refractivity contribution in [1.29, 1.82) is 0 Å². The van der Waals surface area contributed by atoms with Gasteiger partial charge in [0.25, 0.3) is 0 Å². The fourth-order valence-corrected chi connectivity index (χ4v) is 0.860. The molecule has 0 heterocycles. The summed E-state index contributed by atoms with van der Waals surface area (Å²) in [4.78, 5) is 22.1. The Morgan fingerprint density at radius 3 is 2.33 bits per heavy atom. The molecule has 0 aromatic heterocycles. The van der Waals surface area contributed by atoms with Crippen molar-refractivity contribution in [3.63, 3.8) is 0 Å². The average molecular weight is 218 g/mol. The molecule has 0 radical (unpaired) electrons. The van der Waals surface area contributed by atoms with Crippen LogP contribution < -0.4 is 11.1 Å². The molecule has 6 heteroatoms. The largest absolute Gasteiger partial charge is 0.480 e. The maximum Gasteiger partial charge on any atom is 0.335 e. The summed E-state index contributed by atoms with van der Waals surface area (Å²) < 4.78 is 4.94. The number of carboxylic acids is 1. The number of nitrogens with one attached hydrogen (secondary N) is 1. The first-order chi connectivity index (χ1) is 6.78. The summed E-state index contributed by atoms with van der Waals surface area (Å²) in [6, 6.07) is -1.35. The number of esters is 1. The van der Waals surface area contributed by atoms with E-state index in [0.29, 0.717) is 0 Å². The smallest absolute Gasteiger partial charge is 0.335 e. The molecule has 1 unspecified atom stereocenters. The second-order valence-electron chi connectivity index (χ2n) is 4.05. The number of hydrogen-bond acceptors (Lipinski definition) is 5. The van der Waals surface area contributed by atoms with Crippen LogP contribution in [0.2, 0.25) is 0 Å². The maximum absolute atomic E-state index is 11.4. The normalized spacial score (nSPS) is 13.3. The van der Waals surface area contributed by atoms with Gasteiger partial charge in [0, 0.05) is 13.1 Å². The Labute approximate surface area is 88.8 Å². The van der Waals surface area contributed by atoms with E-state index in [4.69, 9.17) is 15.6 Å². The van der Waals surface area contributed by atoms with Gasteiger partial charge in [-0.3, -0.25) is 5.32 Å². The molecule has 88 valence electrons. The highest BCUT2D eigenvalue weighted by Gasteiger charge is 2.30. The minimum Gasteiger partial charge on any atom is -0.480 e. The zero-order valence-corrected chi connectivity index (χ0v) is 9.24. The van der Waals surface area contributed by atoms with E-state index in [1.54, 1.807) is 20.8 Å². The lowest BCUT2D eigenvalue weighted by Crippen LogP contribution is -2.48. The fourth-order valence-electron chi connectivity index (χ4n) is 0.860. The molecular weight excluding hydrogens is 200 g/mol. The highest BCUT2D eigenvalue weighted by Crippen LogP contribution is 2.08. The van der Waals surface area contributed by atoms with E-state index in [0.717, 1.165) is 0 Å². The summed E-state index contributed by atoms with van der Waals surface area (Å²) in [7, 11) is 0. The molecule has 0 saturated heterocycles. The summed E-state index contributed by atoms with van der Waals surface area (Å²) in [6.45, 7) is 5.52. The molecular formula is C9H18N2O4. The molecule has 6 nitrogen and oxygen atoms in total. The summed E-state index contributed by atoms with van der Waals surface area (Å²) in [5, 5.41) is 11.3. The Morgan fingerprint density at radius 1 is 1.47 bits per heavy atom. The quantitative estimate of drug-likeness (QED) is 0.418. The first kappa shape index (κ1) is 13.9. The van der Waals surface area contributed by atoms with Crippen LogP contribution in [-0.2, 0) is 14.3 Å². The number of carbonyl (C=O) groups is 2. The molecule has 0 aromatic carbocycles. The van der Waals surface area contributed by atoms with Crippen molar-refractivity contribution < 1.29 is 19.4 Å². The molecule has 0 aliphatic carbocycles. The zero-order chi connectivity index (χ0) is 12.1.